The highest BCUT2D eigenvalue weighted by Gasteiger charge is 2.30. The fourth-order valence-electron chi connectivity index (χ4n) is 5.20. The number of aromatic nitrogens is 7. The van der Waals surface area contributed by atoms with E-state index in [-0.39, 0.29) is 0 Å². The highest BCUT2D eigenvalue weighted by atomic mass is 16.5. The van der Waals surface area contributed by atoms with Gasteiger partial charge in [-0.2, -0.15) is 0 Å². The molecule has 7 rings (SSSR count). The Balaban J connectivity index is 1.35. The van der Waals surface area contributed by atoms with Crippen LogP contribution in [0.15, 0.2) is 54.7 Å². The predicted molar refractivity (Wildman–Crippen MR) is 136 cm³/mol. The number of aromatic amines is 1. The van der Waals surface area contributed by atoms with Gasteiger partial charge in [0.05, 0.1) is 6.54 Å². The number of tetrazole rings is 1. The minimum atomic E-state index is 0.489. The molecule has 1 aliphatic carbocycles. The van der Waals surface area contributed by atoms with E-state index in [1.165, 1.54) is 24.0 Å². The van der Waals surface area contributed by atoms with Gasteiger partial charge in [-0.1, -0.05) is 30.3 Å². The van der Waals surface area contributed by atoms with Crippen LogP contribution in [0.2, 0.25) is 0 Å². The van der Waals surface area contributed by atoms with Crippen LogP contribution in [-0.4, -0.2) is 35.2 Å². The molecule has 1 N–H and O–H groups in total. The Kier molecular flexibility index (Phi) is 4.73. The van der Waals surface area contributed by atoms with Gasteiger partial charge in [0, 0.05) is 23.3 Å². The molecule has 0 atom stereocenters. The van der Waals surface area contributed by atoms with Gasteiger partial charge in [-0.15, -0.1) is 5.10 Å². The molecule has 1 saturated carbocycles. The van der Waals surface area contributed by atoms with E-state index in [0.717, 1.165) is 57.1 Å². The summed E-state index contributed by atoms with van der Waals surface area (Å²) in [4.78, 5) is 9.72. The Labute approximate surface area is 208 Å². The second kappa shape index (κ2) is 8.12. The molecule has 0 amide bonds. The Hall–Kier alpha value is -4.33. The number of ether oxygens (including phenoxy) is 1. The van der Waals surface area contributed by atoms with Crippen molar-refractivity contribution in [2.24, 2.45) is 0 Å². The molecule has 8 nitrogen and oxygen atoms in total. The molecule has 4 heterocycles. The first-order valence-corrected chi connectivity index (χ1v) is 12.3. The monoisotopic (exact) mass is 475 g/mol. The van der Waals surface area contributed by atoms with Gasteiger partial charge in [0.25, 0.3) is 0 Å². The largest absolute Gasteiger partial charge is 0.488 e. The molecule has 2 aromatic carbocycles. The van der Waals surface area contributed by atoms with Gasteiger partial charge in [-0.25, -0.2) is 15.1 Å². The number of pyridine rings is 1. The first-order chi connectivity index (χ1) is 17.7. The number of allylic oxidation sites excluding steroid dienone is 1. The van der Waals surface area contributed by atoms with E-state index in [1.54, 1.807) is 0 Å². The number of nitrogens with one attached hydrogen (secondary N) is 1. The number of benzene rings is 2. The van der Waals surface area contributed by atoms with Gasteiger partial charge in [-0.05, 0) is 83.1 Å². The van der Waals surface area contributed by atoms with Crippen molar-refractivity contribution in [1.29, 1.82) is 0 Å². The second-order valence-corrected chi connectivity index (χ2v) is 9.66. The summed E-state index contributed by atoms with van der Waals surface area (Å²) in [6, 6.07) is 16.8. The molecule has 178 valence electrons. The summed E-state index contributed by atoms with van der Waals surface area (Å²) in [7, 11) is 0. The molecular weight excluding hydrogens is 450 g/mol. The van der Waals surface area contributed by atoms with Crippen LogP contribution in [0.25, 0.3) is 22.3 Å². The molecular formula is C28H25N7O. The molecule has 1 aliphatic heterocycles. The Morgan fingerprint density at radius 3 is 2.83 bits per heavy atom. The van der Waals surface area contributed by atoms with Crippen molar-refractivity contribution >= 4 is 22.3 Å². The van der Waals surface area contributed by atoms with Crippen LogP contribution in [0.4, 0.5) is 0 Å². The number of H-pyrrole nitrogens is 1. The van der Waals surface area contributed by atoms with Gasteiger partial charge >= 0.3 is 0 Å². The van der Waals surface area contributed by atoms with Crippen LogP contribution in [0.3, 0.4) is 0 Å². The third kappa shape index (κ3) is 3.40. The third-order valence-corrected chi connectivity index (χ3v) is 7.20. The quantitative estimate of drug-likeness (QED) is 0.391. The second-order valence-electron chi connectivity index (χ2n) is 9.66. The molecule has 0 radical (unpaired) electrons. The van der Waals surface area contributed by atoms with Gasteiger partial charge < -0.3 is 9.30 Å². The minimum Gasteiger partial charge on any atom is -0.488 e. The van der Waals surface area contributed by atoms with Crippen LogP contribution in [0, 0.1) is 6.92 Å². The molecule has 2 aliphatic rings. The number of aryl methyl sites for hydroxylation is 1. The maximum absolute atomic E-state index is 6.29. The summed E-state index contributed by atoms with van der Waals surface area (Å²) >= 11 is 0. The standard InChI is InChI=1S/C28H25N7O/c1-16-11-12-29-28-25(16)30-27(19-8-9-19)35(28)14-18-7-10-21-20(13-18)15-36-23-6-4-3-5-22(23)24(21)17(2)26-31-33-34-32-26/h3-7,10-13,19H,8-9,14-15H2,1-2H3,(H,31,32,33,34). The summed E-state index contributed by atoms with van der Waals surface area (Å²) in [5, 5.41) is 14.7. The molecule has 8 heteroatoms. The fourth-order valence-corrected chi connectivity index (χ4v) is 5.20. The van der Waals surface area contributed by atoms with E-state index < -0.39 is 0 Å². The lowest BCUT2D eigenvalue weighted by Crippen LogP contribution is -2.07. The number of imidazole rings is 1. The van der Waals surface area contributed by atoms with Crippen molar-refractivity contribution in [3.63, 3.8) is 0 Å². The lowest BCUT2D eigenvalue weighted by atomic mass is 9.89. The van der Waals surface area contributed by atoms with E-state index in [1.807, 2.05) is 37.4 Å². The number of nitrogens with zero attached hydrogens (tertiary/aromatic N) is 6. The molecule has 0 saturated heterocycles. The summed E-state index contributed by atoms with van der Waals surface area (Å²) < 4.78 is 8.60. The normalized spacial score (nSPS) is 16.3. The Morgan fingerprint density at radius 1 is 1.11 bits per heavy atom. The number of para-hydroxylation sites is 1. The van der Waals surface area contributed by atoms with Crippen molar-refractivity contribution in [3.05, 3.63) is 94.2 Å². The zero-order valence-electron chi connectivity index (χ0n) is 20.2. The van der Waals surface area contributed by atoms with Crippen molar-refractivity contribution in [3.8, 4) is 5.75 Å². The topological polar surface area (TPSA) is 94.4 Å². The lowest BCUT2D eigenvalue weighted by molar-refractivity contribution is 0.307. The number of hydrogen-bond acceptors (Lipinski definition) is 6. The van der Waals surface area contributed by atoms with Gasteiger partial charge in [0.1, 0.15) is 23.7 Å². The van der Waals surface area contributed by atoms with E-state index in [4.69, 9.17) is 14.7 Å². The average molecular weight is 476 g/mol. The van der Waals surface area contributed by atoms with Crippen molar-refractivity contribution in [1.82, 2.24) is 35.2 Å². The molecule has 1 fully saturated rings. The van der Waals surface area contributed by atoms with Crippen LogP contribution in [0.1, 0.15) is 65.1 Å². The van der Waals surface area contributed by atoms with Crippen molar-refractivity contribution in [2.75, 3.05) is 0 Å². The first kappa shape index (κ1) is 21.0. The Bertz CT molecular complexity index is 1640. The molecule has 0 bridgehead atoms. The van der Waals surface area contributed by atoms with Gasteiger partial charge in [0.2, 0.25) is 0 Å². The van der Waals surface area contributed by atoms with Gasteiger partial charge in [0.15, 0.2) is 11.5 Å². The highest BCUT2D eigenvalue weighted by Crippen LogP contribution is 2.42. The molecule has 0 unspecified atom stereocenters. The third-order valence-electron chi connectivity index (χ3n) is 7.20. The van der Waals surface area contributed by atoms with Crippen LogP contribution >= 0.6 is 0 Å². The molecule has 0 spiro atoms. The first-order valence-electron chi connectivity index (χ1n) is 12.3. The van der Waals surface area contributed by atoms with Crippen molar-refractivity contribution < 1.29 is 4.74 Å². The SMILES string of the molecule is CC(=C1c2ccc(Cn3c(C4CC4)nc4c(C)ccnc43)cc2COc2ccccc21)c1nnn[nH]1. The van der Waals surface area contributed by atoms with E-state index >= 15 is 0 Å². The van der Waals surface area contributed by atoms with Crippen LogP contribution in [-0.2, 0) is 13.2 Å². The summed E-state index contributed by atoms with van der Waals surface area (Å²) in [5.41, 5.74) is 9.69. The maximum atomic E-state index is 6.29. The van der Waals surface area contributed by atoms with Gasteiger partial charge in [-0.3, -0.25) is 0 Å². The van der Waals surface area contributed by atoms with E-state index in [9.17, 15) is 0 Å². The predicted octanol–water partition coefficient (Wildman–Crippen LogP) is 5.05. The van der Waals surface area contributed by atoms with Crippen LogP contribution < -0.4 is 4.74 Å². The molecule has 5 aromatic rings. The fraction of sp³-hybridized carbons (Fsp3) is 0.250. The van der Waals surface area contributed by atoms with E-state index in [0.29, 0.717) is 18.3 Å². The molecule has 36 heavy (non-hydrogen) atoms. The lowest BCUT2D eigenvalue weighted by Gasteiger charge is -2.15. The summed E-state index contributed by atoms with van der Waals surface area (Å²) in [6.07, 6.45) is 4.28. The number of hydrogen-bond donors (Lipinski definition) is 1. The summed E-state index contributed by atoms with van der Waals surface area (Å²) in [5.74, 6) is 3.19. The van der Waals surface area contributed by atoms with Crippen LogP contribution in [0.5, 0.6) is 5.75 Å². The smallest absolute Gasteiger partial charge is 0.175 e. The maximum Gasteiger partial charge on any atom is 0.175 e. The number of rotatable bonds is 4. The highest BCUT2D eigenvalue weighted by molar-refractivity contribution is 5.99. The number of fused-ring (bicyclic) bond motifs is 3. The summed E-state index contributed by atoms with van der Waals surface area (Å²) in [6.45, 7) is 5.37. The average Bonchev–Trinajstić information content (AvgIpc) is 3.50. The Morgan fingerprint density at radius 2 is 2.00 bits per heavy atom. The zero-order valence-corrected chi connectivity index (χ0v) is 20.2. The minimum absolute atomic E-state index is 0.489. The zero-order chi connectivity index (χ0) is 24.2. The molecule has 3 aromatic heterocycles. The van der Waals surface area contributed by atoms with Crippen molar-refractivity contribution in [2.45, 2.75) is 45.8 Å². The van der Waals surface area contributed by atoms with E-state index in [2.05, 4.69) is 56.4 Å².